The van der Waals surface area contributed by atoms with E-state index in [0.29, 0.717) is 24.5 Å². The smallest absolute Gasteiger partial charge is 0.326 e. The Kier molecular flexibility index (Phi) is 6.61. The third-order valence-corrected chi connectivity index (χ3v) is 2.85. The van der Waals surface area contributed by atoms with Crippen LogP contribution in [0, 0.1) is 5.92 Å². The van der Waals surface area contributed by atoms with E-state index in [2.05, 4.69) is 15.6 Å². The monoisotopic (exact) mass is 295 g/mol. The van der Waals surface area contributed by atoms with Crippen LogP contribution in [0.25, 0.3) is 0 Å². The van der Waals surface area contributed by atoms with Crippen LogP contribution >= 0.6 is 0 Å². The van der Waals surface area contributed by atoms with E-state index in [1.165, 1.54) is 6.20 Å². The van der Waals surface area contributed by atoms with Crippen LogP contribution in [0.1, 0.15) is 24.2 Å². The van der Waals surface area contributed by atoms with E-state index in [1.54, 1.807) is 19.2 Å². The molecule has 1 amide bonds. The van der Waals surface area contributed by atoms with Crippen LogP contribution in [0.2, 0.25) is 0 Å². The second kappa shape index (κ2) is 8.21. The molecule has 0 saturated heterocycles. The predicted molar refractivity (Wildman–Crippen MR) is 78.3 cm³/mol. The van der Waals surface area contributed by atoms with Gasteiger partial charge in [-0.1, -0.05) is 13.8 Å². The number of methoxy groups -OCH3 is 1. The fraction of sp³-hybridized carbons (Fsp3) is 0.500. The number of nitrogens with one attached hydrogen (secondary N) is 2. The van der Waals surface area contributed by atoms with Crippen LogP contribution in [-0.4, -0.2) is 48.3 Å². The number of hydrogen-bond donors (Lipinski definition) is 3. The first-order valence-corrected chi connectivity index (χ1v) is 6.68. The number of aliphatic carboxylic acids is 1. The van der Waals surface area contributed by atoms with Gasteiger partial charge in [0.1, 0.15) is 11.9 Å². The van der Waals surface area contributed by atoms with Crippen molar-refractivity contribution in [3.63, 3.8) is 0 Å². The van der Waals surface area contributed by atoms with E-state index in [-0.39, 0.29) is 11.8 Å². The minimum atomic E-state index is -0.937. The average Bonchev–Trinajstić information content (AvgIpc) is 2.44. The maximum absolute atomic E-state index is 11.7. The van der Waals surface area contributed by atoms with Crippen molar-refractivity contribution in [2.45, 2.75) is 19.9 Å². The van der Waals surface area contributed by atoms with Gasteiger partial charge in [-0.05, 0) is 18.1 Å². The van der Waals surface area contributed by atoms with E-state index in [4.69, 9.17) is 9.84 Å². The third kappa shape index (κ3) is 5.39. The Labute approximate surface area is 123 Å². The molecular weight excluding hydrogens is 274 g/mol. The predicted octanol–water partition coefficient (Wildman–Crippen LogP) is 0.979. The van der Waals surface area contributed by atoms with Gasteiger partial charge >= 0.3 is 5.97 Å². The largest absolute Gasteiger partial charge is 0.480 e. The lowest BCUT2D eigenvalue weighted by molar-refractivity contribution is -0.138. The molecule has 0 aromatic carbocycles. The Hall–Kier alpha value is -2.15. The Morgan fingerprint density at radius 2 is 2.10 bits per heavy atom. The summed E-state index contributed by atoms with van der Waals surface area (Å²) in [4.78, 5) is 26.9. The van der Waals surface area contributed by atoms with Gasteiger partial charge in [-0.2, -0.15) is 0 Å². The van der Waals surface area contributed by atoms with E-state index in [1.807, 2.05) is 13.8 Å². The van der Waals surface area contributed by atoms with Crippen LogP contribution in [0.3, 0.4) is 0 Å². The minimum Gasteiger partial charge on any atom is -0.480 e. The van der Waals surface area contributed by atoms with Crippen molar-refractivity contribution in [1.29, 1.82) is 0 Å². The SMILES string of the molecule is COCCNC(=O)c1ccc(N[C@H](C(=O)O)C(C)C)nc1. The summed E-state index contributed by atoms with van der Waals surface area (Å²) >= 11 is 0. The number of carbonyl (C=O) groups is 2. The van der Waals surface area contributed by atoms with Crippen molar-refractivity contribution in [2.75, 3.05) is 25.6 Å². The fourth-order valence-electron chi connectivity index (χ4n) is 1.66. The summed E-state index contributed by atoms with van der Waals surface area (Å²) < 4.78 is 4.84. The van der Waals surface area contributed by atoms with Gasteiger partial charge in [0, 0.05) is 19.9 Å². The van der Waals surface area contributed by atoms with Crippen molar-refractivity contribution in [2.24, 2.45) is 5.92 Å². The molecule has 0 bridgehead atoms. The summed E-state index contributed by atoms with van der Waals surface area (Å²) in [5, 5.41) is 14.6. The number of amides is 1. The molecule has 1 aromatic heterocycles. The lowest BCUT2D eigenvalue weighted by Gasteiger charge is -2.18. The van der Waals surface area contributed by atoms with Crippen molar-refractivity contribution in [3.8, 4) is 0 Å². The summed E-state index contributed by atoms with van der Waals surface area (Å²) in [6.45, 7) is 4.48. The van der Waals surface area contributed by atoms with Gasteiger partial charge in [-0.3, -0.25) is 4.79 Å². The van der Waals surface area contributed by atoms with Crippen LogP contribution in [-0.2, 0) is 9.53 Å². The average molecular weight is 295 g/mol. The Morgan fingerprint density at radius 1 is 1.38 bits per heavy atom. The lowest BCUT2D eigenvalue weighted by Crippen LogP contribution is -2.34. The maximum atomic E-state index is 11.7. The van der Waals surface area contributed by atoms with Crippen LogP contribution in [0.4, 0.5) is 5.82 Å². The standard InChI is InChI=1S/C14H21N3O4/c1-9(2)12(14(19)20)17-11-5-4-10(8-16-11)13(18)15-6-7-21-3/h4-5,8-9,12H,6-7H2,1-3H3,(H,15,18)(H,16,17)(H,19,20)/t12-/m0/s1. The van der Waals surface area contributed by atoms with Crippen molar-refractivity contribution >= 4 is 17.7 Å². The molecule has 0 saturated carbocycles. The van der Waals surface area contributed by atoms with Gasteiger partial charge in [0.05, 0.1) is 12.2 Å². The van der Waals surface area contributed by atoms with Crippen molar-refractivity contribution in [3.05, 3.63) is 23.9 Å². The molecular formula is C14H21N3O4. The molecule has 7 nitrogen and oxygen atoms in total. The number of carboxylic acid groups (broad SMARTS) is 1. The minimum absolute atomic E-state index is 0.0821. The molecule has 1 atom stereocenters. The first kappa shape index (κ1) is 16.9. The van der Waals surface area contributed by atoms with Crippen LogP contribution < -0.4 is 10.6 Å². The number of nitrogens with zero attached hydrogens (tertiary/aromatic N) is 1. The Balaban J connectivity index is 2.65. The summed E-state index contributed by atoms with van der Waals surface area (Å²) in [7, 11) is 1.56. The van der Waals surface area contributed by atoms with Gasteiger partial charge < -0.3 is 20.5 Å². The van der Waals surface area contributed by atoms with Gasteiger partial charge in [0.15, 0.2) is 0 Å². The van der Waals surface area contributed by atoms with E-state index in [9.17, 15) is 9.59 Å². The Morgan fingerprint density at radius 3 is 2.57 bits per heavy atom. The molecule has 0 aliphatic rings. The first-order chi connectivity index (χ1) is 9.95. The molecule has 1 heterocycles. The van der Waals surface area contributed by atoms with Gasteiger partial charge in [0.25, 0.3) is 5.91 Å². The molecule has 0 spiro atoms. The molecule has 0 aliphatic heterocycles. The summed E-state index contributed by atoms with van der Waals surface area (Å²) in [5.74, 6) is -0.844. The number of aromatic nitrogens is 1. The van der Waals surface area contributed by atoms with Crippen molar-refractivity contribution < 1.29 is 19.4 Å². The zero-order chi connectivity index (χ0) is 15.8. The van der Waals surface area contributed by atoms with Crippen LogP contribution in [0.15, 0.2) is 18.3 Å². The normalized spacial score (nSPS) is 12.0. The highest BCUT2D eigenvalue weighted by molar-refractivity contribution is 5.94. The number of ether oxygens (including phenoxy) is 1. The van der Waals surface area contributed by atoms with Crippen LogP contribution in [0.5, 0.6) is 0 Å². The molecule has 7 heteroatoms. The highest BCUT2D eigenvalue weighted by Gasteiger charge is 2.21. The maximum Gasteiger partial charge on any atom is 0.326 e. The zero-order valence-corrected chi connectivity index (χ0v) is 12.4. The third-order valence-electron chi connectivity index (χ3n) is 2.85. The molecule has 1 aromatic rings. The number of carbonyl (C=O) groups excluding carboxylic acids is 1. The molecule has 3 N–H and O–H groups in total. The summed E-state index contributed by atoms with van der Waals surface area (Å²) in [6.07, 6.45) is 1.41. The first-order valence-electron chi connectivity index (χ1n) is 6.68. The molecule has 1 rings (SSSR count). The molecule has 116 valence electrons. The number of rotatable bonds is 8. The topological polar surface area (TPSA) is 101 Å². The number of anilines is 1. The fourth-order valence-corrected chi connectivity index (χ4v) is 1.66. The lowest BCUT2D eigenvalue weighted by atomic mass is 10.1. The summed E-state index contributed by atoms with van der Waals surface area (Å²) in [6, 6.07) is 2.46. The highest BCUT2D eigenvalue weighted by atomic mass is 16.5. The van der Waals surface area contributed by atoms with Gasteiger partial charge in [-0.25, -0.2) is 9.78 Å². The van der Waals surface area contributed by atoms with E-state index >= 15 is 0 Å². The molecule has 0 radical (unpaired) electrons. The van der Waals surface area contributed by atoms with Gasteiger partial charge in [0.2, 0.25) is 0 Å². The second-order valence-electron chi connectivity index (χ2n) is 4.89. The molecule has 0 unspecified atom stereocenters. The summed E-state index contributed by atoms with van der Waals surface area (Å²) in [5.41, 5.74) is 0.410. The molecule has 0 aliphatic carbocycles. The number of hydrogen-bond acceptors (Lipinski definition) is 5. The molecule has 0 fully saturated rings. The number of carboxylic acids is 1. The molecule has 21 heavy (non-hydrogen) atoms. The quantitative estimate of drug-likeness (QED) is 0.618. The zero-order valence-electron chi connectivity index (χ0n) is 12.4. The van der Waals surface area contributed by atoms with Crippen molar-refractivity contribution in [1.82, 2.24) is 10.3 Å². The van der Waals surface area contributed by atoms with E-state index in [0.717, 1.165) is 0 Å². The Bertz CT molecular complexity index is 474. The highest BCUT2D eigenvalue weighted by Crippen LogP contribution is 2.11. The van der Waals surface area contributed by atoms with E-state index < -0.39 is 12.0 Å². The number of pyridine rings is 1. The van der Waals surface area contributed by atoms with Gasteiger partial charge in [-0.15, -0.1) is 0 Å². The second-order valence-corrected chi connectivity index (χ2v) is 4.89.